The highest BCUT2D eigenvalue weighted by Crippen LogP contribution is 2.15. The minimum Gasteiger partial charge on any atom is -0.370 e. The molecule has 0 aliphatic heterocycles. The van der Waals surface area contributed by atoms with Crippen LogP contribution in [-0.4, -0.2) is 25.8 Å². The number of guanidine groups is 1. The maximum atomic E-state index is 8.36. The molecule has 19 heavy (non-hydrogen) atoms. The number of benzene rings is 1. The number of nitrogens with zero attached hydrogens (tertiary/aromatic N) is 4. The molecule has 0 unspecified atom stereocenters. The Balaban J connectivity index is 0.000000399. The Hall–Kier alpha value is -3.10. The molecule has 100 valence electrons. The quantitative estimate of drug-likeness (QED) is 0.310. The summed E-state index contributed by atoms with van der Waals surface area (Å²) in [5.74, 6) is 0.0605. The minimum absolute atomic E-state index is 0.0605. The topological polar surface area (TPSA) is 146 Å². The number of aromatic nitrogens is 2. The Morgan fingerprint density at radius 1 is 1.37 bits per heavy atom. The highest BCUT2D eigenvalue weighted by Gasteiger charge is 1.95. The second-order valence-electron chi connectivity index (χ2n) is 3.26. The van der Waals surface area contributed by atoms with E-state index >= 15 is 0 Å². The van der Waals surface area contributed by atoms with E-state index in [-0.39, 0.29) is 5.96 Å². The highest BCUT2D eigenvalue weighted by molar-refractivity contribution is 5.79. The number of aliphatic imine (C=N–C) groups is 1. The molecule has 0 radical (unpaired) electrons. The molecule has 9 nitrogen and oxygen atoms in total. The van der Waals surface area contributed by atoms with Crippen LogP contribution in [0.3, 0.4) is 0 Å². The van der Waals surface area contributed by atoms with E-state index in [9.17, 15) is 0 Å². The normalized spacial score (nSPS) is 9.05. The molecule has 0 saturated heterocycles. The van der Waals surface area contributed by atoms with E-state index in [0.717, 1.165) is 11.4 Å². The Kier molecular flexibility index (Phi) is 4.84. The summed E-state index contributed by atoms with van der Waals surface area (Å²) < 4.78 is 1.90. The lowest BCUT2D eigenvalue weighted by molar-refractivity contribution is -0.742. The van der Waals surface area contributed by atoms with Crippen molar-refractivity contribution in [1.29, 1.82) is 0 Å². The molecule has 0 aliphatic carbocycles. The summed E-state index contributed by atoms with van der Waals surface area (Å²) >= 11 is 0. The van der Waals surface area contributed by atoms with E-state index in [1.807, 2.05) is 35.0 Å². The maximum Gasteiger partial charge on any atom is 0.291 e. The lowest BCUT2D eigenvalue weighted by Gasteiger charge is -2.01. The Morgan fingerprint density at radius 2 is 1.95 bits per heavy atom. The monoisotopic (exact) mass is 264 g/mol. The molecular formula is C10H12N6O3. The van der Waals surface area contributed by atoms with Crippen molar-refractivity contribution in [2.24, 2.45) is 16.5 Å². The number of nitrogens with two attached hydrogens (primary N) is 2. The van der Waals surface area contributed by atoms with Gasteiger partial charge >= 0.3 is 0 Å². The van der Waals surface area contributed by atoms with Gasteiger partial charge in [0.25, 0.3) is 5.09 Å². The van der Waals surface area contributed by atoms with Crippen molar-refractivity contribution < 1.29 is 10.3 Å². The van der Waals surface area contributed by atoms with Crippen LogP contribution in [-0.2, 0) is 0 Å². The van der Waals surface area contributed by atoms with Gasteiger partial charge in [0.15, 0.2) is 5.96 Å². The van der Waals surface area contributed by atoms with Gasteiger partial charge in [-0.25, -0.2) is 9.98 Å². The summed E-state index contributed by atoms with van der Waals surface area (Å²) in [5.41, 5.74) is 12.3. The second-order valence-corrected chi connectivity index (χ2v) is 3.26. The second kappa shape index (κ2) is 6.59. The molecule has 1 aromatic heterocycles. The number of hydrogen-bond donors (Lipinski definition) is 3. The zero-order chi connectivity index (χ0) is 14.3. The van der Waals surface area contributed by atoms with Crippen molar-refractivity contribution in [1.82, 2.24) is 9.55 Å². The highest BCUT2D eigenvalue weighted by atomic mass is 16.9. The van der Waals surface area contributed by atoms with Crippen LogP contribution < -0.4 is 11.5 Å². The van der Waals surface area contributed by atoms with Gasteiger partial charge in [-0.2, -0.15) is 0 Å². The average molecular weight is 264 g/mol. The molecule has 1 aromatic carbocycles. The van der Waals surface area contributed by atoms with Crippen molar-refractivity contribution in [2.75, 3.05) is 0 Å². The van der Waals surface area contributed by atoms with E-state index in [0.29, 0.717) is 0 Å². The molecule has 0 atom stereocenters. The molecule has 2 rings (SSSR count). The Labute approximate surface area is 107 Å². The fraction of sp³-hybridized carbons (Fsp3) is 0. The predicted octanol–water partition coefficient (Wildman–Crippen LogP) is 0.429. The SMILES string of the molecule is NC(N)=Nc1ccc(-n2ccnc2)cc1.O=[N+]([O-])O. The first kappa shape index (κ1) is 14.0. The Bertz CT molecular complexity index is 541. The molecule has 0 bridgehead atoms. The number of rotatable bonds is 2. The van der Waals surface area contributed by atoms with Gasteiger partial charge in [0.1, 0.15) is 0 Å². The molecular weight excluding hydrogens is 252 g/mol. The standard InChI is InChI=1S/C10H11N5.HNO3/c11-10(12)14-8-1-3-9(4-2-8)15-6-5-13-7-15;2-1(3)4/h1-7H,(H4,11,12,14);(H,2,3,4). The van der Waals surface area contributed by atoms with Crippen LogP contribution in [0.15, 0.2) is 48.0 Å². The van der Waals surface area contributed by atoms with Gasteiger partial charge in [0.05, 0.1) is 12.0 Å². The fourth-order valence-corrected chi connectivity index (χ4v) is 1.26. The van der Waals surface area contributed by atoms with Crippen molar-refractivity contribution in [3.63, 3.8) is 0 Å². The summed E-state index contributed by atoms with van der Waals surface area (Å²) in [6, 6.07) is 7.52. The van der Waals surface area contributed by atoms with Crippen molar-refractivity contribution in [3.05, 3.63) is 53.1 Å². The molecule has 0 aliphatic rings. The van der Waals surface area contributed by atoms with Gasteiger partial charge in [-0.05, 0) is 24.3 Å². The van der Waals surface area contributed by atoms with Crippen molar-refractivity contribution in [2.45, 2.75) is 0 Å². The van der Waals surface area contributed by atoms with Crippen LogP contribution in [0, 0.1) is 10.1 Å². The van der Waals surface area contributed by atoms with Crippen LogP contribution in [0.5, 0.6) is 0 Å². The molecule has 0 amide bonds. The van der Waals surface area contributed by atoms with Gasteiger partial charge in [-0.1, -0.05) is 0 Å². The van der Waals surface area contributed by atoms with E-state index in [1.54, 1.807) is 12.5 Å². The average Bonchev–Trinajstić information content (AvgIpc) is 2.82. The van der Waals surface area contributed by atoms with Gasteiger partial charge in [0, 0.05) is 18.1 Å². The van der Waals surface area contributed by atoms with Crippen molar-refractivity contribution >= 4 is 11.6 Å². The number of hydrogen-bond acceptors (Lipinski definition) is 4. The van der Waals surface area contributed by atoms with Crippen LogP contribution in [0.25, 0.3) is 5.69 Å². The fourth-order valence-electron chi connectivity index (χ4n) is 1.26. The summed E-state index contributed by atoms with van der Waals surface area (Å²) in [4.78, 5) is 16.3. The molecule has 1 heterocycles. The zero-order valence-corrected chi connectivity index (χ0v) is 9.75. The van der Waals surface area contributed by atoms with Gasteiger partial charge < -0.3 is 21.2 Å². The third-order valence-corrected chi connectivity index (χ3v) is 1.91. The van der Waals surface area contributed by atoms with Gasteiger partial charge in [-0.3, -0.25) is 0 Å². The first-order chi connectivity index (χ1) is 8.99. The Morgan fingerprint density at radius 3 is 2.37 bits per heavy atom. The lowest BCUT2D eigenvalue weighted by atomic mass is 10.3. The van der Waals surface area contributed by atoms with E-state index < -0.39 is 5.09 Å². The van der Waals surface area contributed by atoms with Gasteiger partial charge in [-0.15, -0.1) is 10.1 Å². The molecule has 0 fully saturated rings. The first-order valence-electron chi connectivity index (χ1n) is 5.00. The summed E-state index contributed by atoms with van der Waals surface area (Å²) in [5, 5.41) is 13.6. The lowest BCUT2D eigenvalue weighted by Crippen LogP contribution is -2.21. The summed E-state index contributed by atoms with van der Waals surface area (Å²) in [7, 11) is 0. The molecule has 5 N–H and O–H groups in total. The molecule has 2 aromatic rings. The number of imidazole rings is 1. The minimum atomic E-state index is -1.50. The van der Waals surface area contributed by atoms with Crippen LogP contribution in [0.1, 0.15) is 0 Å². The van der Waals surface area contributed by atoms with E-state index in [2.05, 4.69) is 9.98 Å². The smallest absolute Gasteiger partial charge is 0.291 e. The first-order valence-corrected chi connectivity index (χ1v) is 5.00. The van der Waals surface area contributed by atoms with E-state index in [1.165, 1.54) is 0 Å². The third-order valence-electron chi connectivity index (χ3n) is 1.91. The van der Waals surface area contributed by atoms with Crippen LogP contribution in [0.2, 0.25) is 0 Å². The van der Waals surface area contributed by atoms with E-state index in [4.69, 9.17) is 26.8 Å². The predicted molar refractivity (Wildman–Crippen MR) is 67.8 cm³/mol. The zero-order valence-electron chi connectivity index (χ0n) is 9.75. The molecule has 9 heteroatoms. The van der Waals surface area contributed by atoms with Crippen LogP contribution in [0.4, 0.5) is 5.69 Å². The summed E-state index contributed by atoms with van der Waals surface area (Å²) in [6.07, 6.45) is 5.33. The molecule has 0 spiro atoms. The largest absolute Gasteiger partial charge is 0.370 e. The van der Waals surface area contributed by atoms with Crippen molar-refractivity contribution in [3.8, 4) is 5.69 Å². The molecule has 0 saturated carbocycles. The third kappa shape index (κ3) is 5.17. The summed E-state index contributed by atoms with van der Waals surface area (Å²) in [6.45, 7) is 0. The maximum absolute atomic E-state index is 8.36. The van der Waals surface area contributed by atoms with Crippen LogP contribution >= 0.6 is 0 Å². The van der Waals surface area contributed by atoms with Gasteiger partial charge in [0.2, 0.25) is 0 Å².